The molecule has 0 aliphatic heterocycles. The summed E-state index contributed by atoms with van der Waals surface area (Å²) in [6, 6.07) is 0. The number of nitrogens with two attached hydrogens (primary N) is 1. The number of aliphatic hydroxyl groups excluding tert-OH is 1. The molecule has 1 heterocycles. The van der Waals surface area contributed by atoms with Gasteiger partial charge in [-0.3, -0.25) is 0 Å². The van der Waals surface area contributed by atoms with Crippen LogP contribution in [0.15, 0.2) is 0 Å². The molecule has 0 saturated carbocycles. The van der Waals surface area contributed by atoms with Gasteiger partial charge in [0.1, 0.15) is 17.5 Å². The molecule has 6 heteroatoms. The van der Waals surface area contributed by atoms with E-state index in [0.717, 1.165) is 37.2 Å². The molecule has 0 saturated heterocycles. The number of hydrogen-bond donors (Lipinski definition) is 3. The maximum atomic E-state index is 8.74. The van der Waals surface area contributed by atoms with Gasteiger partial charge in [0.25, 0.3) is 0 Å². The highest BCUT2D eigenvalue weighted by molar-refractivity contribution is 5.57. The Kier molecular flexibility index (Phi) is 5.80. The molecule has 0 fully saturated rings. The van der Waals surface area contributed by atoms with Gasteiger partial charge in [0, 0.05) is 25.8 Å². The number of rotatable bonds is 7. The van der Waals surface area contributed by atoms with Crippen molar-refractivity contribution in [1.82, 2.24) is 9.97 Å². The maximum Gasteiger partial charge on any atom is 0.148 e. The first-order valence-corrected chi connectivity index (χ1v) is 6.24. The summed E-state index contributed by atoms with van der Waals surface area (Å²) < 4.78 is 0. The van der Waals surface area contributed by atoms with Crippen molar-refractivity contribution in [2.45, 2.75) is 33.1 Å². The van der Waals surface area contributed by atoms with Crippen molar-refractivity contribution in [1.29, 1.82) is 0 Å². The third-order valence-corrected chi connectivity index (χ3v) is 2.88. The highest BCUT2D eigenvalue weighted by Gasteiger charge is 2.11. The van der Waals surface area contributed by atoms with E-state index in [-0.39, 0.29) is 6.61 Å². The third kappa shape index (κ3) is 3.82. The van der Waals surface area contributed by atoms with Crippen LogP contribution in [-0.2, 0) is 0 Å². The van der Waals surface area contributed by atoms with Crippen LogP contribution in [-0.4, -0.2) is 35.3 Å². The Balaban J connectivity index is 2.72. The number of unbranched alkanes of at least 4 members (excludes halogenated alkanes) is 2. The minimum Gasteiger partial charge on any atom is -0.396 e. The molecule has 0 radical (unpaired) electrons. The van der Waals surface area contributed by atoms with Crippen LogP contribution in [0.5, 0.6) is 0 Å². The van der Waals surface area contributed by atoms with Crippen molar-refractivity contribution in [2.24, 2.45) is 5.84 Å². The summed E-state index contributed by atoms with van der Waals surface area (Å²) >= 11 is 0. The SMILES string of the molecule is Cc1nc(NN)c(C)c(N(C)CCCCCO)n1. The standard InChI is InChI=1S/C12H23N5O/c1-9-11(16-13)14-10(2)15-12(9)17(3)7-5-4-6-8-18/h18H,4-8,13H2,1-3H3,(H,14,15,16). The van der Waals surface area contributed by atoms with Gasteiger partial charge >= 0.3 is 0 Å². The molecule has 0 bridgehead atoms. The Labute approximate surface area is 108 Å². The summed E-state index contributed by atoms with van der Waals surface area (Å²) in [4.78, 5) is 10.8. The molecule has 6 nitrogen and oxygen atoms in total. The average Bonchev–Trinajstić information content (AvgIpc) is 2.36. The van der Waals surface area contributed by atoms with E-state index in [1.54, 1.807) is 0 Å². The Morgan fingerprint density at radius 3 is 2.56 bits per heavy atom. The van der Waals surface area contributed by atoms with Crippen molar-refractivity contribution in [3.63, 3.8) is 0 Å². The number of nitrogens with one attached hydrogen (secondary N) is 1. The van der Waals surface area contributed by atoms with Crippen LogP contribution in [0.1, 0.15) is 30.7 Å². The number of hydrazine groups is 1. The van der Waals surface area contributed by atoms with E-state index >= 15 is 0 Å². The van der Waals surface area contributed by atoms with Gasteiger partial charge in [-0.1, -0.05) is 0 Å². The predicted octanol–water partition coefficient (Wildman–Crippen LogP) is 0.978. The number of nitrogens with zero attached hydrogens (tertiary/aromatic N) is 3. The summed E-state index contributed by atoms with van der Waals surface area (Å²) in [5.74, 6) is 7.71. The van der Waals surface area contributed by atoms with Crippen LogP contribution in [0.25, 0.3) is 0 Å². The van der Waals surface area contributed by atoms with E-state index in [9.17, 15) is 0 Å². The monoisotopic (exact) mass is 253 g/mol. The van der Waals surface area contributed by atoms with E-state index in [2.05, 4.69) is 20.3 Å². The van der Waals surface area contributed by atoms with E-state index < -0.39 is 0 Å². The molecule has 1 aromatic heterocycles. The molecule has 0 unspecified atom stereocenters. The molecule has 102 valence electrons. The first-order valence-electron chi connectivity index (χ1n) is 6.24. The third-order valence-electron chi connectivity index (χ3n) is 2.88. The fourth-order valence-electron chi connectivity index (χ4n) is 1.87. The van der Waals surface area contributed by atoms with Crippen LogP contribution in [0.4, 0.5) is 11.6 Å². The van der Waals surface area contributed by atoms with Gasteiger partial charge in [0.05, 0.1) is 0 Å². The Hall–Kier alpha value is -1.40. The van der Waals surface area contributed by atoms with Crippen molar-refractivity contribution in [3.8, 4) is 0 Å². The number of aryl methyl sites for hydroxylation is 1. The fourth-order valence-corrected chi connectivity index (χ4v) is 1.87. The quantitative estimate of drug-likeness (QED) is 0.381. The molecule has 0 aromatic carbocycles. The maximum absolute atomic E-state index is 8.74. The molecular formula is C12H23N5O. The lowest BCUT2D eigenvalue weighted by atomic mass is 10.2. The van der Waals surface area contributed by atoms with Gasteiger partial charge in [0.2, 0.25) is 0 Å². The van der Waals surface area contributed by atoms with E-state index in [0.29, 0.717) is 11.6 Å². The molecule has 1 rings (SSSR count). The molecule has 0 spiro atoms. The Morgan fingerprint density at radius 2 is 1.94 bits per heavy atom. The van der Waals surface area contributed by atoms with Gasteiger partial charge in [-0.2, -0.15) is 0 Å². The first-order chi connectivity index (χ1) is 8.60. The van der Waals surface area contributed by atoms with Crippen LogP contribution < -0.4 is 16.2 Å². The van der Waals surface area contributed by atoms with Crippen molar-refractivity contribution in [3.05, 3.63) is 11.4 Å². The molecule has 18 heavy (non-hydrogen) atoms. The fraction of sp³-hybridized carbons (Fsp3) is 0.667. The molecule has 4 N–H and O–H groups in total. The topological polar surface area (TPSA) is 87.3 Å². The number of aliphatic hydroxyl groups is 1. The summed E-state index contributed by atoms with van der Waals surface area (Å²) in [5, 5.41) is 8.74. The van der Waals surface area contributed by atoms with Crippen molar-refractivity contribution in [2.75, 3.05) is 30.5 Å². The minimum absolute atomic E-state index is 0.261. The van der Waals surface area contributed by atoms with Crippen LogP contribution in [0.3, 0.4) is 0 Å². The minimum atomic E-state index is 0.261. The van der Waals surface area contributed by atoms with Crippen molar-refractivity contribution < 1.29 is 5.11 Å². The predicted molar refractivity (Wildman–Crippen MR) is 73.5 cm³/mol. The zero-order valence-corrected chi connectivity index (χ0v) is 11.4. The number of anilines is 2. The van der Waals surface area contributed by atoms with Gasteiger partial charge in [-0.25, -0.2) is 15.8 Å². The zero-order valence-electron chi connectivity index (χ0n) is 11.4. The normalized spacial score (nSPS) is 10.5. The van der Waals surface area contributed by atoms with Gasteiger partial charge in [-0.15, -0.1) is 0 Å². The molecule has 1 aromatic rings. The van der Waals surface area contributed by atoms with Crippen LogP contribution in [0.2, 0.25) is 0 Å². The van der Waals surface area contributed by atoms with Gasteiger partial charge < -0.3 is 15.4 Å². The molecule has 0 amide bonds. The highest BCUT2D eigenvalue weighted by atomic mass is 16.2. The zero-order chi connectivity index (χ0) is 13.5. The largest absolute Gasteiger partial charge is 0.396 e. The lowest BCUT2D eigenvalue weighted by molar-refractivity contribution is 0.283. The van der Waals surface area contributed by atoms with Gasteiger partial charge in [0.15, 0.2) is 0 Å². The number of nitrogen functional groups attached to an aromatic ring is 1. The number of hydrogen-bond acceptors (Lipinski definition) is 6. The second-order valence-corrected chi connectivity index (χ2v) is 4.42. The summed E-state index contributed by atoms with van der Waals surface area (Å²) in [6.45, 7) is 4.97. The first kappa shape index (κ1) is 14.7. The van der Waals surface area contributed by atoms with Crippen LogP contribution in [0, 0.1) is 13.8 Å². The van der Waals surface area contributed by atoms with Crippen molar-refractivity contribution >= 4 is 11.6 Å². The molecule has 0 aliphatic rings. The van der Waals surface area contributed by atoms with Crippen LogP contribution >= 0.6 is 0 Å². The lowest BCUT2D eigenvalue weighted by Crippen LogP contribution is -2.23. The second kappa shape index (κ2) is 7.13. The lowest BCUT2D eigenvalue weighted by Gasteiger charge is -2.21. The smallest absolute Gasteiger partial charge is 0.148 e. The van der Waals surface area contributed by atoms with Gasteiger partial charge in [-0.05, 0) is 33.1 Å². The molecule has 0 aliphatic carbocycles. The van der Waals surface area contributed by atoms with E-state index in [1.165, 1.54) is 0 Å². The highest BCUT2D eigenvalue weighted by Crippen LogP contribution is 2.22. The second-order valence-electron chi connectivity index (χ2n) is 4.42. The summed E-state index contributed by atoms with van der Waals surface area (Å²) in [5.41, 5.74) is 3.55. The molecule has 0 atom stereocenters. The molecular weight excluding hydrogens is 230 g/mol. The Morgan fingerprint density at radius 1 is 1.22 bits per heavy atom. The summed E-state index contributed by atoms with van der Waals surface area (Å²) in [7, 11) is 2.01. The van der Waals surface area contributed by atoms with E-state index in [4.69, 9.17) is 10.9 Å². The average molecular weight is 253 g/mol. The number of aromatic nitrogens is 2. The summed E-state index contributed by atoms with van der Waals surface area (Å²) in [6.07, 6.45) is 2.90. The Bertz CT molecular complexity index is 383. The van der Waals surface area contributed by atoms with E-state index in [1.807, 2.05) is 20.9 Å².